The molecule has 1 aromatic heterocycles. The SMILES string of the molecule is Cc1ncc(COP(=O)(O)O)c(CN[C@H](C)C(=O)CCCCCC(=O)O)c1O. The molecular formula is C17H27N2O8P. The number of ketones is 1. The molecule has 0 aromatic carbocycles. The lowest BCUT2D eigenvalue weighted by Crippen LogP contribution is -2.33. The van der Waals surface area contributed by atoms with E-state index in [1.54, 1.807) is 13.8 Å². The summed E-state index contributed by atoms with van der Waals surface area (Å²) in [4.78, 5) is 44.3. The molecule has 0 amide bonds. The molecule has 1 aromatic rings. The Hall–Kier alpha value is -1.84. The first-order valence-electron chi connectivity index (χ1n) is 8.85. The number of rotatable bonds is 13. The molecule has 0 saturated carbocycles. The van der Waals surface area contributed by atoms with Gasteiger partial charge in [0, 0.05) is 36.7 Å². The Balaban J connectivity index is 2.62. The Morgan fingerprint density at radius 3 is 2.50 bits per heavy atom. The normalized spacial score (nSPS) is 12.7. The molecule has 5 N–H and O–H groups in total. The number of aromatic nitrogens is 1. The maximum Gasteiger partial charge on any atom is 0.469 e. The molecule has 28 heavy (non-hydrogen) atoms. The lowest BCUT2D eigenvalue weighted by Gasteiger charge is -2.17. The van der Waals surface area contributed by atoms with Crippen molar-refractivity contribution in [1.82, 2.24) is 10.3 Å². The van der Waals surface area contributed by atoms with Crippen LogP contribution in [-0.4, -0.2) is 42.8 Å². The van der Waals surface area contributed by atoms with Crippen LogP contribution >= 0.6 is 7.82 Å². The third kappa shape index (κ3) is 8.90. The van der Waals surface area contributed by atoms with Crippen LogP contribution in [0.4, 0.5) is 0 Å². The van der Waals surface area contributed by atoms with Gasteiger partial charge in [0.2, 0.25) is 0 Å². The van der Waals surface area contributed by atoms with Gasteiger partial charge in [-0.05, 0) is 26.7 Å². The van der Waals surface area contributed by atoms with Gasteiger partial charge in [-0.1, -0.05) is 6.42 Å². The third-order valence-corrected chi connectivity index (χ3v) is 4.67. The van der Waals surface area contributed by atoms with Crippen LogP contribution in [0.25, 0.3) is 0 Å². The zero-order valence-corrected chi connectivity index (χ0v) is 16.8. The summed E-state index contributed by atoms with van der Waals surface area (Å²) in [6.45, 7) is 2.91. The lowest BCUT2D eigenvalue weighted by molar-refractivity contribution is -0.137. The number of Topliss-reactive ketones (excluding diaryl/α,β-unsaturated/α-hetero) is 1. The molecule has 0 spiro atoms. The predicted molar refractivity (Wildman–Crippen MR) is 99.5 cm³/mol. The van der Waals surface area contributed by atoms with Gasteiger partial charge in [-0.15, -0.1) is 0 Å². The number of aliphatic carboxylic acids is 1. The van der Waals surface area contributed by atoms with E-state index in [1.165, 1.54) is 6.20 Å². The van der Waals surface area contributed by atoms with E-state index >= 15 is 0 Å². The summed E-state index contributed by atoms with van der Waals surface area (Å²) in [5.74, 6) is -1.03. The number of phosphoric ester groups is 1. The Morgan fingerprint density at radius 1 is 1.25 bits per heavy atom. The average molecular weight is 418 g/mol. The van der Waals surface area contributed by atoms with Crippen LogP contribution < -0.4 is 5.32 Å². The van der Waals surface area contributed by atoms with Gasteiger partial charge in [0.25, 0.3) is 0 Å². The molecule has 0 radical (unpaired) electrons. The second-order valence-corrected chi connectivity index (χ2v) is 7.72. The van der Waals surface area contributed by atoms with E-state index in [2.05, 4.69) is 14.8 Å². The highest BCUT2D eigenvalue weighted by Gasteiger charge is 2.19. The zero-order valence-electron chi connectivity index (χ0n) is 15.9. The van der Waals surface area contributed by atoms with Gasteiger partial charge in [-0.25, -0.2) is 4.57 Å². The first-order chi connectivity index (χ1) is 13.0. The summed E-state index contributed by atoms with van der Waals surface area (Å²) in [5, 5.41) is 21.8. The van der Waals surface area contributed by atoms with Crippen molar-refractivity contribution in [3.8, 4) is 5.75 Å². The number of hydrogen-bond donors (Lipinski definition) is 5. The molecule has 11 heteroatoms. The highest BCUT2D eigenvalue weighted by molar-refractivity contribution is 7.46. The average Bonchev–Trinajstić information content (AvgIpc) is 2.60. The van der Waals surface area contributed by atoms with Crippen LogP contribution in [0.15, 0.2) is 6.20 Å². The molecule has 158 valence electrons. The standard InChI is InChI=1S/C17H27N2O8P/c1-11(15(20)6-4-3-5-7-16(21)22)19-9-14-13(10-27-28(24,25)26)8-18-12(2)17(14)23/h8,11,19,23H,3-7,9-10H2,1-2H3,(H,21,22)(H2,24,25,26)/t11-/m1/s1. The van der Waals surface area contributed by atoms with E-state index in [1.807, 2.05) is 0 Å². The Morgan fingerprint density at radius 2 is 1.89 bits per heavy atom. The molecule has 0 aliphatic carbocycles. The molecule has 0 fully saturated rings. The molecule has 0 aliphatic heterocycles. The first-order valence-corrected chi connectivity index (χ1v) is 10.4. The monoisotopic (exact) mass is 418 g/mol. The number of phosphoric acid groups is 1. The molecule has 0 saturated heterocycles. The Bertz CT molecular complexity index is 734. The zero-order chi connectivity index (χ0) is 21.3. The number of unbranched alkanes of at least 4 members (excludes halogenated alkanes) is 2. The van der Waals surface area contributed by atoms with Crippen molar-refractivity contribution >= 4 is 19.6 Å². The number of carboxylic acids is 1. The maximum atomic E-state index is 12.2. The van der Waals surface area contributed by atoms with Crippen molar-refractivity contribution < 1.29 is 38.7 Å². The predicted octanol–water partition coefficient (Wildman–Crippen LogP) is 1.79. The van der Waals surface area contributed by atoms with E-state index in [4.69, 9.17) is 14.9 Å². The maximum absolute atomic E-state index is 12.2. The number of nitrogens with zero attached hydrogens (tertiary/aromatic N) is 1. The van der Waals surface area contributed by atoms with Gasteiger partial charge < -0.3 is 25.3 Å². The van der Waals surface area contributed by atoms with Crippen LogP contribution in [0.3, 0.4) is 0 Å². The van der Waals surface area contributed by atoms with Crippen molar-refractivity contribution in [2.75, 3.05) is 0 Å². The van der Waals surface area contributed by atoms with E-state index in [-0.39, 0.29) is 24.5 Å². The summed E-state index contributed by atoms with van der Waals surface area (Å²) in [6.07, 6.45) is 3.53. The van der Waals surface area contributed by atoms with Crippen molar-refractivity contribution in [3.05, 3.63) is 23.0 Å². The summed E-state index contributed by atoms with van der Waals surface area (Å²) >= 11 is 0. The van der Waals surface area contributed by atoms with E-state index in [0.717, 1.165) is 0 Å². The van der Waals surface area contributed by atoms with Gasteiger partial charge in [0.05, 0.1) is 18.3 Å². The number of nitrogens with one attached hydrogen (secondary N) is 1. The molecule has 10 nitrogen and oxygen atoms in total. The summed E-state index contributed by atoms with van der Waals surface area (Å²) in [6, 6.07) is -0.511. The molecule has 0 bridgehead atoms. The highest BCUT2D eigenvalue weighted by atomic mass is 31.2. The third-order valence-electron chi connectivity index (χ3n) is 4.20. The van der Waals surface area contributed by atoms with Crippen molar-refractivity contribution in [2.45, 2.75) is 65.1 Å². The number of carbonyl (C=O) groups is 2. The second kappa shape index (κ2) is 11.2. The minimum Gasteiger partial charge on any atom is -0.506 e. The van der Waals surface area contributed by atoms with E-state index < -0.39 is 26.4 Å². The van der Waals surface area contributed by atoms with Gasteiger partial charge in [-0.2, -0.15) is 0 Å². The number of aromatic hydroxyl groups is 1. The second-order valence-electron chi connectivity index (χ2n) is 6.48. The Labute approximate surface area is 163 Å². The number of pyridine rings is 1. The van der Waals surface area contributed by atoms with Crippen LogP contribution in [-0.2, 0) is 31.8 Å². The highest BCUT2D eigenvalue weighted by Crippen LogP contribution is 2.38. The van der Waals surface area contributed by atoms with Crippen LogP contribution in [0.1, 0.15) is 55.8 Å². The largest absolute Gasteiger partial charge is 0.506 e. The fourth-order valence-electron chi connectivity index (χ4n) is 2.50. The smallest absolute Gasteiger partial charge is 0.469 e. The van der Waals surface area contributed by atoms with E-state index in [0.29, 0.717) is 42.5 Å². The molecule has 0 aliphatic rings. The lowest BCUT2D eigenvalue weighted by atomic mass is 10.0. The van der Waals surface area contributed by atoms with Gasteiger partial charge in [0.1, 0.15) is 11.5 Å². The number of carbonyl (C=O) groups excluding carboxylic acids is 1. The molecule has 1 heterocycles. The first kappa shape index (κ1) is 24.2. The van der Waals surface area contributed by atoms with Crippen LogP contribution in [0, 0.1) is 6.92 Å². The Kier molecular flexibility index (Phi) is 9.71. The van der Waals surface area contributed by atoms with Crippen molar-refractivity contribution in [3.63, 3.8) is 0 Å². The van der Waals surface area contributed by atoms with Crippen molar-refractivity contribution in [2.24, 2.45) is 0 Å². The number of hydrogen-bond acceptors (Lipinski definition) is 7. The molecule has 1 rings (SSSR count). The summed E-state index contributed by atoms with van der Waals surface area (Å²) in [5.41, 5.74) is 0.989. The quantitative estimate of drug-likeness (QED) is 0.235. The molecular weight excluding hydrogens is 391 g/mol. The fourth-order valence-corrected chi connectivity index (χ4v) is 2.80. The molecule has 1 atom stereocenters. The minimum atomic E-state index is -4.68. The van der Waals surface area contributed by atoms with Gasteiger partial charge in [0.15, 0.2) is 0 Å². The van der Waals surface area contributed by atoms with Gasteiger partial charge in [-0.3, -0.25) is 19.1 Å². The number of aryl methyl sites for hydroxylation is 1. The topological polar surface area (TPSA) is 166 Å². The summed E-state index contributed by atoms with van der Waals surface area (Å²) < 4.78 is 15.4. The number of carboxylic acid groups (broad SMARTS) is 1. The molecule has 0 unspecified atom stereocenters. The van der Waals surface area contributed by atoms with E-state index in [9.17, 15) is 19.3 Å². The van der Waals surface area contributed by atoms with Crippen LogP contribution in [0.5, 0.6) is 5.75 Å². The summed E-state index contributed by atoms with van der Waals surface area (Å²) in [7, 11) is -4.68. The fraction of sp³-hybridized carbons (Fsp3) is 0.588. The van der Waals surface area contributed by atoms with Gasteiger partial charge >= 0.3 is 13.8 Å². The van der Waals surface area contributed by atoms with Crippen molar-refractivity contribution in [1.29, 1.82) is 0 Å². The van der Waals surface area contributed by atoms with Crippen LogP contribution in [0.2, 0.25) is 0 Å². The minimum absolute atomic E-state index is 0.0476.